The fourth-order valence-corrected chi connectivity index (χ4v) is 5.70. The highest BCUT2D eigenvalue weighted by molar-refractivity contribution is 7.91. The van der Waals surface area contributed by atoms with Gasteiger partial charge in [0, 0.05) is 36.9 Å². The quantitative estimate of drug-likeness (QED) is 0.583. The van der Waals surface area contributed by atoms with Crippen molar-refractivity contribution in [1.29, 1.82) is 0 Å². The molecule has 1 saturated heterocycles. The van der Waals surface area contributed by atoms with E-state index in [9.17, 15) is 8.42 Å². The van der Waals surface area contributed by atoms with Crippen LogP contribution in [0, 0.1) is 13.8 Å². The summed E-state index contributed by atoms with van der Waals surface area (Å²) in [5.41, 5.74) is 9.80. The Labute approximate surface area is 198 Å². The molecule has 0 spiro atoms. The lowest BCUT2D eigenvalue weighted by Gasteiger charge is -2.37. The summed E-state index contributed by atoms with van der Waals surface area (Å²) in [5, 5.41) is 0.271. The van der Waals surface area contributed by atoms with E-state index in [-0.39, 0.29) is 26.4 Å². The van der Waals surface area contributed by atoms with Gasteiger partial charge in [0.05, 0.1) is 13.3 Å². The van der Waals surface area contributed by atoms with E-state index in [0.717, 1.165) is 13.1 Å². The van der Waals surface area contributed by atoms with Crippen molar-refractivity contribution in [3.8, 4) is 5.75 Å². The molecular weight excluding hydrogens is 462 g/mol. The number of nitrogens with zero attached hydrogens (tertiary/aromatic N) is 4. The van der Waals surface area contributed by atoms with Crippen LogP contribution in [0.2, 0.25) is 5.02 Å². The van der Waals surface area contributed by atoms with Gasteiger partial charge in [0.25, 0.3) is 0 Å². The molecule has 0 radical (unpaired) electrons. The first-order valence-corrected chi connectivity index (χ1v) is 12.3. The number of aryl methyl sites for hydroxylation is 2. The van der Waals surface area contributed by atoms with Crippen molar-refractivity contribution < 1.29 is 13.2 Å². The van der Waals surface area contributed by atoms with Crippen molar-refractivity contribution in [2.75, 3.05) is 48.8 Å². The van der Waals surface area contributed by atoms with Gasteiger partial charge < -0.3 is 20.3 Å². The minimum Gasteiger partial charge on any atom is -0.495 e. The highest BCUT2D eigenvalue weighted by Gasteiger charge is 2.28. The molecule has 4 rings (SSSR count). The van der Waals surface area contributed by atoms with Gasteiger partial charge >= 0.3 is 0 Å². The summed E-state index contributed by atoms with van der Waals surface area (Å²) >= 11 is 6.01. The van der Waals surface area contributed by atoms with Crippen LogP contribution in [0.15, 0.2) is 52.4 Å². The molecule has 174 valence electrons. The minimum absolute atomic E-state index is 0.0809. The van der Waals surface area contributed by atoms with E-state index in [0.29, 0.717) is 19.0 Å². The molecule has 0 bridgehead atoms. The molecule has 3 aromatic rings. The van der Waals surface area contributed by atoms with Gasteiger partial charge in [-0.25, -0.2) is 13.4 Å². The molecule has 0 saturated carbocycles. The van der Waals surface area contributed by atoms with Crippen molar-refractivity contribution in [3.05, 3.63) is 58.7 Å². The van der Waals surface area contributed by atoms with Gasteiger partial charge in [-0.1, -0.05) is 29.3 Å². The average Bonchev–Trinajstić information content (AvgIpc) is 2.79. The van der Waals surface area contributed by atoms with Crippen LogP contribution in [-0.4, -0.2) is 51.7 Å². The molecule has 2 aromatic carbocycles. The lowest BCUT2D eigenvalue weighted by molar-refractivity contribution is 0.402. The van der Waals surface area contributed by atoms with Crippen LogP contribution in [0.5, 0.6) is 5.75 Å². The van der Waals surface area contributed by atoms with Crippen LogP contribution < -0.4 is 20.3 Å². The predicted molar refractivity (Wildman–Crippen MR) is 130 cm³/mol. The second kappa shape index (κ2) is 9.07. The Morgan fingerprint density at radius 1 is 1.00 bits per heavy atom. The SMILES string of the molecule is COc1ccc(Cl)cc1S(=O)(=O)c1cnc(N2CCN(c3ccc(C)cc3C)CC2)nc1N. The fraction of sp³-hybridized carbons (Fsp3) is 0.304. The maximum absolute atomic E-state index is 13.2. The third-order valence-corrected chi connectivity index (χ3v) is 7.76. The number of sulfone groups is 1. The molecule has 2 heterocycles. The number of anilines is 3. The largest absolute Gasteiger partial charge is 0.495 e. The monoisotopic (exact) mass is 487 g/mol. The van der Waals surface area contributed by atoms with Crippen molar-refractivity contribution in [2.45, 2.75) is 23.6 Å². The van der Waals surface area contributed by atoms with Crippen LogP contribution in [0.1, 0.15) is 11.1 Å². The second-order valence-electron chi connectivity index (χ2n) is 7.98. The molecule has 0 unspecified atom stereocenters. The van der Waals surface area contributed by atoms with E-state index in [2.05, 4.69) is 46.9 Å². The lowest BCUT2D eigenvalue weighted by Crippen LogP contribution is -2.47. The smallest absolute Gasteiger partial charge is 0.227 e. The van der Waals surface area contributed by atoms with Crippen molar-refractivity contribution in [1.82, 2.24) is 9.97 Å². The highest BCUT2D eigenvalue weighted by atomic mass is 35.5. The zero-order chi connectivity index (χ0) is 23.8. The number of nitrogen functional groups attached to an aromatic ring is 1. The Balaban J connectivity index is 1.55. The molecule has 1 aliphatic heterocycles. The molecule has 2 N–H and O–H groups in total. The van der Waals surface area contributed by atoms with Gasteiger partial charge in [0.15, 0.2) is 0 Å². The number of methoxy groups -OCH3 is 1. The van der Waals surface area contributed by atoms with Gasteiger partial charge in [-0.15, -0.1) is 0 Å². The number of nitrogens with two attached hydrogens (primary N) is 1. The molecule has 0 amide bonds. The standard InChI is InChI=1S/C23H26ClN5O3S/c1-15-4-6-18(16(2)12-15)28-8-10-29(11-9-28)23-26-14-21(22(25)27-23)33(30,31)20-13-17(24)5-7-19(20)32-3/h4-7,12-14H,8-11H2,1-3H3,(H2,25,26,27). The Hall–Kier alpha value is -3.04. The molecule has 10 heteroatoms. The number of ether oxygens (including phenoxy) is 1. The van der Waals surface area contributed by atoms with Gasteiger partial charge in [-0.3, -0.25) is 0 Å². The number of piperazine rings is 1. The summed E-state index contributed by atoms with van der Waals surface area (Å²) in [6, 6.07) is 10.8. The lowest BCUT2D eigenvalue weighted by atomic mass is 10.1. The molecule has 1 aliphatic rings. The van der Waals surface area contributed by atoms with Gasteiger partial charge in [-0.05, 0) is 43.7 Å². The molecule has 33 heavy (non-hydrogen) atoms. The minimum atomic E-state index is -4.02. The summed E-state index contributed by atoms with van der Waals surface area (Å²) in [7, 11) is -2.63. The zero-order valence-corrected chi connectivity index (χ0v) is 20.3. The Bertz CT molecular complexity index is 1290. The summed E-state index contributed by atoms with van der Waals surface area (Å²) in [6.07, 6.45) is 1.25. The number of aromatic nitrogens is 2. The molecule has 8 nitrogen and oxygen atoms in total. The number of hydrogen-bond acceptors (Lipinski definition) is 8. The molecule has 1 aromatic heterocycles. The van der Waals surface area contributed by atoms with E-state index < -0.39 is 9.84 Å². The maximum Gasteiger partial charge on any atom is 0.227 e. The summed E-state index contributed by atoms with van der Waals surface area (Å²) in [5.74, 6) is 0.467. The van der Waals surface area contributed by atoms with Gasteiger partial charge in [0.2, 0.25) is 15.8 Å². The molecule has 1 fully saturated rings. The highest BCUT2D eigenvalue weighted by Crippen LogP contribution is 2.34. The third kappa shape index (κ3) is 4.56. The first-order valence-electron chi connectivity index (χ1n) is 10.5. The average molecular weight is 488 g/mol. The van der Waals surface area contributed by atoms with E-state index in [1.165, 1.54) is 42.3 Å². The van der Waals surface area contributed by atoms with Crippen LogP contribution >= 0.6 is 11.6 Å². The first-order chi connectivity index (χ1) is 15.7. The van der Waals surface area contributed by atoms with Crippen molar-refractivity contribution >= 4 is 38.9 Å². The van der Waals surface area contributed by atoms with Crippen molar-refractivity contribution in [2.24, 2.45) is 0 Å². The summed E-state index contributed by atoms with van der Waals surface area (Å²) in [6.45, 7) is 7.19. The Morgan fingerprint density at radius 3 is 2.33 bits per heavy atom. The molecule has 0 atom stereocenters. The van der Waals surface area contributed by atoms with Crippen LogP contribution in [0.25, 0.3) is 0 Å². The Morgan fingerprint density at radius 2 is 1.70 bits per heavy atom. The number of rotatable bonds is 5. The van der Waals surface area contributed by atoms with Gasteiger partial charge in [-0.2, -0.15) is 4.98 Å². The van der Waals surface area contributed by atoms with E-state index in [1.54, 1.807) is 6.07 Å². The zero-order valence-electron chi connectivity index (χ0n) is 18.7. The summed E-state index contributed by atoms with van der Waals surface area (Å²) in [4.78, 5) is 12.7. The van der Waals surface area contributed by atoms with Gasteiger partial charge in [0.1, 0.15) is 21.4 Å². The van der Waals surface area contributed by atoms with E-state index >= 15 is 0 Å². The number of hydrogen-bond donors (Lipinski definition) is 1. The topological polar surface area (TPSA) is 102 Å². The molecule has 0 aliphatic carbocycles. The first kappa shape index (κ1) is 23.1. The third-order valence-electron chi connectivity index (χ3n) is 5.73. The summed E-state index contributed by atoms with van der Waals surface area (Å²) < 4.78 is 31.6. The maximum atomic E-state index is 13.2. The van der Waals surface area contributed by atoms with E-state index in [4.69, 9.17) is 22.1 Å². The molecular formula is C23H26ClN5O3S. The second-order valence-corrected chi connectivity index (χ2v) is 10.3. The number of benzene rings is 2. The van der Waals surface area contributed by atoms with Crippen LogP contribution in [-0.2, 0) is 9.84 Å². The van der Waals surface area contributed by atoms with Crippen LogP contribution in [0.3, 0.4) is 0 Å². The van der Waals surface area contributed by atoms with Crippen LogP contribution in [0.4, 0.5) is 17.5 Å². The van der Waals surface area contributed by atoms with Crippen molar-refractivity contribution in [3.63, 3.8) is 0 Å². The normalized spacial score (nSPS) is 14.4. The fourth-order valence-electron chi connectivity index (χ4n) is 4.02. The Kier molecular flexibility index (Phi) is 6.36. The number of halogens is 1. The predicted octanol–water partition coefficient (Wildman–Crippen LogP) is 3.50. The van der Waals surface area contributed by atoms with E-state index in [1.807, 2.05) is 4.90 Å².